The highest BCUT2D eigenvalue weighted by Crippen LogP contribution is 1.95. The number of nitrogens with two attached hydrogens (primary N) is 2. The molecule has 0 aliphatic carbocycles. The fourth-order valence-electron chi connectivity index (χ4n) is 0.525. The van der Waals surface area contributed by atoms with Gasteiger partial charge < -0.3 is 16.2 Å². The molecule has 3 heteroatoms. The van der Waals surface area contributed by atoms with Crippen LogP contribution in [0.3, 0.4) is 0 Å². The zero-order valence-electron chi connectivity index (χ0n) is 7.29. The highest BCUT2D eigenvalue weighted by molar-refractivity contribution is 5.09. The van der Waals surface area contributed by atoms with Crippen molar-refractivity contribution in [2.45, 2.75) is 26.9 Å². The van der Waals surface area contributed by atoms with Crippen LogP contribution in [0.5, 0.6) is 0 Å². The topological polar surface area (TPSA) is 61.3 Å². The van der Waals surface area contributed by atoms with Crippen LogP contribution in [-0.4, -0.2) is 6.10 Å². The highest BCUT2D eigenvalue weighted by Gasteiger charge is 1.92. The molecule has 0 aromatic carbocycles. The van der Waals surface area contributed by atoms with E-state index in [1.54, 1.807) is 19.1 Å². The molecule has 4 N–H and O–H groups in total. The Morgan fingerprint density at radius 2 is 1.82 bits per heavy atom. The van der Waals surface area contributed by atoms with E-state index in [4.69, 9.17) is 16.2 Å². The minimum absolute atomic E-state index is 0.109. The van der Waals surface area contributed by atoms with Crippen molar-refractivity contribution < 1.29 is 4.74 Å². The average Bonchev–Trinajstić information content (AvgIpc) is 1.82. The molecule has 0 aromatic heterocycles. The SMILES string of the molecule is C/C(N)=C/C=C(\N)OC(C)C. The fourth-order valence-corrected chi connectivity index (χ4v) is 0.525. The maximum atomic E-state index is 5.46. The quantitative estimate of drug-likeness (QED) is 0.474. The summed E-state index contributed by atoms with van der Waals surface area (Å²) in [5, 5.41) is 0. The van der Waals surface area contributed by atoms with Gasteiger partial charge in [-0.25, -0.2) is 0 Å². The van der Waals surface area contributed by atoms with Gasteiger partial charge in [-0.15, -0.1) is 0 Å². The van der Waals surface area contributed by atoms with Crippen molar-refractivity contribution in [3.8, 4) is 0 Å². The van der Waals surface area contributed by atoms with E-state index in [2.05, 4.69) is 0 Å². The number of rotatable bonds is 3. The molecule has 11 heavy (non-hydrogen) atoms. The summed E-state index contributed by atoms with van der Waals surface area (Å²) in [4.78, 5) is 0. The molecule has 0 aliphatic heterocycles. The molecule has 0 amide bonds. The third-order valence-electron chi connectivity index (χ3n) is 0.882. The fraction of sp³-hybridized carbons (Fsp3) is 0.500. The van der Waals surface area contributed by atoms with Gasteiger partial charge in [0.1, 0.15) is 0 Å². The smallest absolute Gasteiger partial charge is 0.184 e. The monoisotopic (exact) mass is 156 g/mol. The van der Waals surface area contributed by atoms with Crippen LogP contribution in [0.4, 0.5) is 0 Å². The first-order valence-corrected chi connectivity index (χ1v) is 3.58. The molecule has 0 atom stereocenters. The predicted molar refractivity (Wildman–Crippen MR) is 46.4 cm³/mol. The first kappa shape index (κ1) is 9.88. The van der Waals surface area contributed by atoms with Crippen molar-refractivity contribution in [3.63, 3.8) is 0 Å². The molecule has 0 rings (SSSR count). The third-order valence-corrected chi connectivity index (χ3v) is 0.882. The van der Waals surface area contributed by atoms with Gasteiger partial charge in [-0.1, -0.05) is 0 Å². The second-order valence-electron chi connectivity index (χ2n) is 2.65. The second kappa shape index (κ2) is 4.66. The Morgan fingerprint density at radius 1 is 1.27 bits per heavy atom. The second-order valence-corrected chi connectivity index (χ2v) is 2.65. The van der Waals surface area contributed by atoms with Gasteiger partial charge in [0.05, 0.1) is 6.10 Å². The molecule has 0 saturated heterocycles. The zero-order valence-corrected chi connectivity index (χ0v) is 7.29. The summed E-state index contributed by atoms with van der Waals surface area (Å²) in [5.74, 6) is 0.393. The third kappa shape index (κ3) is 6.77. The Kier molecular flexibility index (Phi) is 4.18. The zero-order chi connectivity index (χ0) is 8.85. The number of hydrogen-bond acceptors (Lipinski definition) is 3. The Hall–Kier alpha value is -1.12. The molecule has 0 heterocycles. The largest absolute Gasteiger partial charge is 0.477 e. The van der Waals surface area contributed by atoms with Crippen molar-refractivity contribution in [3.05, 3.63) is 23.7 Å². The maximum Gasteiger partial charge on any atom is 0.184 e. The van der Waals surface area contributed by atoms with E-state index in [-0.39, 0.29) is 6.10 Å². The first-order chi connectivity index (χ1) is 5.02. The van der Waals surface area contributed by atoms with Gasteiger partial charge in [0.2, 0.25) is 0 Å². The van der Waals surface area contributed by atoms with Crippen LogP contribution in [0.2, 0.25) is 0 Å². The summed E-state index contributed by atoms with van der Waals surface area (Å²) in [6.07, 6.45) is 3.46. The van der Waals surface area contributed by atoms with E-state index in [0.29, 0.717) is 11.6 Å². The van der Waals surface area contributed by atoms with Crippen molar-refractivity contribution in [1.82, 2.24) is 0 Å². The van der Waals surface area contributed by atoms with Crippen LogP contribution in [0.15, 0.2) is 23.7 Å². The molecular weight excluding hydrogens is 140 g/mol. The molecule has 0 aliphatic rings. The molecule has 0 fully saturated rings. The van der Waals surface area contributed by atoms with Crippen molar-refractivity contribution >= 4 is 0 Å². The molecule has 0 spiro atoms. The van der Waals surface area contributed by atoms with Crippen LogP contribution >= 0.6 is 0 Å². The minimum Gasteiger partial charge on any atom is -0.477 e. The minimum atomic E-state index is 0.109. The summed E-state index contributed by atoms with van der Waals surface area (Å²) >= 11 is 0. The Morgan fingerprint density at radius 3 is 2.18 bits per heavy atom. The molecule has 0 saturated carbocycles. The van der Waals surface area contributed by atoms with Gasteiger partial charge in [0.25, 0.3) is 0 Å². The maximum absolute atomic E-state index is 5.46. The van der Waals surface area contributed by atoms with Gasteiger partial charge in [-0.2, -0.15) is 0 Å². The lowest BCUT2D eigenvalue weighted by Crippen LogP contribution is -2.08. The van der Waals surface area contributed by atoms with E-state index in [1.165, 1.54) is 0 Å². The summed E-state index contributed by atoms with van der Waals surface area (Å²) < 4.78 is 5.14. The number of allylic oxidation sites excluding steroid dienone is 3. The molecule has 3 nitrogen and oxygen atoms in total. The van der Waals surface area contributed by atoms with E-state index in [1.807, 2.05) is 13.8 Å². The van der Waals surface area contributed by atoms with Crippen LogP contribution in [0, 0.1) is 0 Å². The average molecular weight is 156 g/mol. The lowest BCUT2D eigenvalue weighted by molar-refractivity contribution is 0.145. The van der Waals surface area contributed by atoms with Crippen molar-refractivity contribution in [2.75, 3.05) is 0 Å². The van der Waals surface area contributed by atoms with E-state index < -0.39 is 0 Å². The van der Waals surface area contributed by atoms with E-state index >= 15 is 0 Å². The Bertz CT molecular complexity index is 167. The van der Waals surface area contributed by atoms with Crippen LogP contribution in [-0.2, 0) is 4.74 Å². The summed E-state index contributed by atoms with van der Waals surface area (Å²) in [6.45, 7) is 5.62. The molecular formula is C8H16N2O. The molecule has 0 unspecified atom stereocenters. The van der Waals surface area contributed by atoms with Crippen molar-refractivity contribution in [1.29, 1.82) is 0 Å². The predicted octanol–water partition coefficient (Wildman–Crippen LogP) is 1.07. The van der Waals surface area contributed by atoms with Crippen molar-refractivity contribution in [2.24, 2.45) is 11.5 Å². The molecule has 0 bridgehead atoms. The van der Waals surface area contributed by atoms with Crippen LogP contribution < -0.4 is 11.5 Å². The van der Waals surface area contributed by atoms with Gasteiger partial charge in [0, 0.05) is 5.70 Å². The van der Waals surface area contributed by atoms with Crippen LogP contribution in [0.25, 0.3) is 0 Å². The van der Waals surface area contributed by atoms with Gasteiger partial charge >= 0.3 is 0 Å². The summed E-state index contributed by atoms with van der Waals surface area (Å²) in [6, 6.07) is 0. The van der Waals surface area contributed by atoms with Gasteiger partial charge in [-0.3, -0.25) is 0 Å². The molecule has 0 radical (unpaired) electrons. The van der Waals surface area contributed by atoms with Gasteiger partial charge in [-0.05, 0) is 32.9 Å². The highest BCUT2D eigenvalue weighted by atomic mass is 16.5. The summed E-state index contributed by atoms with van der Waals surface area (Å²) in [7, 11) is 0. The van der Waals surface area contributed by atoms with Gasteiger partial charge in [0.15, 0.2) is 5.88 Å². The first-order valence-electron chi connectivity index (χ1n) is 3.58. The Balaban J connectivity index is 3.91. The molecule has 64 valence electrons. The van der Waals surface area contributed by atoms with E-state index in [0.717, 1.165) is 0 Å². The summed E-state index contributed by atoms with van der Waals surface area (Å²) in [5.41, 5.74) is 11.5. The lowest BCUT2D eigenvalue weighted by Gasteiger charge is -2.07. The normalized spacial score (nSPS) is 13.8. The number of hydrogen-bond donors (Lipinski definition) is 2. The Labute approximate surface area is 67.7 Å². The number of ether oxygens (including phenoxy) is 1. The standard InChI is InChI=1S/C8H16N2O/c1-6(2)11-8(10)5-4-7(3)9/h4-6H,9-10H2,1-3H3/b7-4-,8-5+. The van der Waals surface area contributed by atoms with Crippen LogP contribution in [0.1, 0.15) is 20.8 Å². The molecule has 0 aromatic rings. The van der Waals surface area contributed by atoms with E-state index in [9.17, 15) is 0 Å². The lowest BCUT2D eigenvalue weighted by atomic mass is 10.4.